The molecule has 1 N–H and O–H groups in total. The van der Waals surface area contributed by atoms with Crippen LogP contribution in [0.4, 0.5) is 0 Å². The number of nitrogens with one attached hydrogen (secondary N) is 1. The van der Waals surface area contributed by atoms with Crippen LogP contribution in [-0.2, 0) is 0 Å². The molecule has 5 nitrogen and oxygen atoms in total. The maximum Gasteiger partial charge on any atom is 0.257 e. The number of hydrogen-bond donors (Lipinski definition) is 1. The Hall–Kier alpha value is -1.88. The molecule has 134 valence electrons. The first kappa shape index (κ1) is 16.6. The number of pyridine rings is 1. The van der Waals surface area contributed by atoms with Gasteiger partial charge in [-0.25, -0.2) is 4.52 Å². The number of aryl methyl sites for hydroxylation is 1. The van der Waals surface area contributed by atoms with Crippen LogP contribution in [0.2, 0.25) is 0 Å². The van der Waals surface area contributed by atoms with Gasteiger partial charge in [-0.15, -0.1) is 0 Å². The summed E-state index contributed by atoms with van der Waals surface area (Å²) in [6.07, 6.45) is 6.55. The van der Waals surface area contributed by atoms with Crippen LogP contribution in [0, 0.1) is 12.8 Å². The van der Waals surface area contributed by atoms with E-state index in [1.807, 2.05) is 22.5 Å². The van der Waals surface area contributed by atoms with E-state index < -0.39 is 0 Å². The fourth-order valence-electron chi connectivity index (χ4n) is 4.22. The third kappa shape index (κ3) is 3.17. The SMILES string of the molecule is Cc1nn2ccc(C3CCNCC3)cc2c1C(=O)N1CCC(C)CC1. The van der Waals surface area contributed by atoms with Crippen LogP contribution >= 0.6 is 0 Å². The van der Waals surface area contributed by atoms with Crippen LogP contribution in [0.15, 0.2) is 18.3 Å². The highest BCUT2D eigenvalue weighted by Gasteiger charge is 2.26. The van der Waals surface area contributed by atoms with Crippen LogP contribution in [0.5, 0.6) is 0 Å². The number of nitrogens with zero attached hydrogens (tertiary/aromatic N) is 3. The Morgan fingerprint density at radius 2 is 1.92 bits per heavy atom. The fourth-order valence-corrected chi connectivity index (χ4v) is 4.22. The van der Waals surface area contributed by atoms with E-state index in [4.69, 9.17) is 0 Å². The quantitative estimate of drug-likeness (QED) is 0.914. The number of fused-ring (bicyclic) bond motifs is 1. The third-order valence-electron chi connectivity index (χ3n) is 5.93. The first-order valence-corrected chi connectivity index (χ1v) is 9.62. The molecule has 5 heteroatoms. The van der Waals surface area contributed by atoms with Gasteiger partial charge < -0.3 is 10.2 Å². The van der Waals surface area contributed by atoms with Gasteiger partial charge in [0, 0.05) is 19.3 Å². The molecule has 0 spiro atoms. The van der Waals surface area contributed by atoms with Crippen molar-refractivity contribution in [3.63, 3.8) is 0 Å². The summed E-state index contributed by atoms with van der Waals surface area (Å²) in [5.74, 6) is 1.46. The summed E-state index contributed by atoms with van der Waals surface area (Å²) >= 11 is 0. The smallest absolute Gasteiger partial charge is 0.257 e. The Balaban J connectivity index is 1.67. The fraction of sp³-hybridized carbons (Fsp3) is 0.600. The molecule has 0 aromatic carbocycles. The van der Waals surface area contributed by atoms with Gasteiger partial charge in [0.15, 0.2) is 0 Å². The minimum absolute atomic E-state index is 0.155. The zero-order chi connectivity index (χ0) is 17.4. The number of hydrogen-bond acceptors (Lipinski definition) is 3. The molecule has 2 aliphatic rings. The molecule has 0 radical (unpaired) electrons. The lowest BCUT2D eigenvalue weighted by Gasteiger charge is -2.30. The van der Waals surface area contributed by atoms with Crippen LogP contribution in [0.1, 0.15) is 60.1 Å². The number of piperidine rings is 2. The summed E-state index contributed by atoms with van der Waals surface area (Å²) in [7, 11) is 0. The van der Waals surface area contributed by atoms with E-state index in [-0.39, 0.29) is 5.91 Å². The van der Waals surface area contributed by atoms with Crippen molar-refractivity contribution in [1.29, 1.82) is 0 Å². The van der Waals surface area contributed by atoms with Crippen molar-refractivity contribution >= 4 is 11.4 Å². The van der Waals surface area contributed by atoms with E-state index in [1.165, 1.54) is 5.56 Å². The van der Waals surface area contributed by atoms with Gasteiger partial charge in [0.05, 0.1) is 16.8 Å². The number of rotatable bonds is 2. The lowest BCUT2D eigenvalue weighted by atomic mass is 9.90. The predicted octanol–water partition coefficient (Wildman–Crippen LogP) is 2.98. The van der Waals surface area contributed by atoms with Gasteiger partial charge in [0.1, 0.15) is 0 Å². The van der Waals surface area contributed by atoms with Crippen molar-refractivity contribution in [2.45, 2.75) is 45.4 Å². The molecule has 2 aromatic rings. The first-order chi connectivity index (χ1) is 12.1. The standard InChI is InChI=1S/C20H28N4O/c1-14-5-10-23(11-6-14)20(25)19-15(2)22-24-12-7-17(13-18(19)24)16-3-8-21-9-4-16/h7,12-14,16,21H,3-6,8-11H2,1-2H3. The maximum absolute atomic E-state index is 13.2. The van der Waals surface area contributed by atoms with Crippen LogP contribution < -0.4 is 5.32 Å². The van der Waals surface area contributed by atoms with Crippen molar-refractivity contribution in [1.82, 2.24) is 19.8 Å². The second-order valence-electron chi connectivity index (χ2n) is 7.75. The van der Waals surface area contributed by atoms with Crippen molar-refractivity contribution in [3.05, 3.63) is 35.2 Å². The van der Waals surface area contributed by atoms with Gasteiger partial charge in [-0.3, -0.25) is 4.79 Å². The highest BCUT2D eigenvalue weighted by Crippen LogP contribution is 2.28. The van der Waals surface area contributed by atoms with Crippen molar-refractivity contribution in [2.75, 3.05) is 26.2 Å². The lowest BCUT2D eigenvalue weighted by molar-refractivity contribution is 0.0698. The van der Waals surface area contributed by atoms with Gasteiger partial charge >= 0.3 is 0 Å². The topological polar surface area (TPSA) is 49.6 Å². The van der Waals surface area contributed by atoms with Crippen molar-refractivity contribution in [2.24, 2.45) is 5.92 Å². The number of amides is 1. The Labute approximate surface area is 149 Å². The highest BCUT2D eigenvalue weighted by molar-refractivity contribution is 6.02. The van der Waals surface area contributed by atoms with Gasteiger partial charge in [-0.05, 0) is 75.2 Å². The monoisotopic (exact) mass is 340 g/mol. The van der Waals surface area contributed by atoms with E-state index in [0.29, 0.717) is 5.92 Å². The average Bonchev–Trinajstić information content (AvgIpc) is 2.97. The minimum atomic E-state index is 0.155. The van der Waals surface area contributed by atoms with E-state index in [1.54, 1.807) is 0 Å². The largest absolute Gasteiger partial charge is 0.339 e. The molecule has 0 unspecified atom stereocenters. The molecule has 4 heterocycles. The van der Waals surface area contributed by atoms with Crippen LogP contribution in [0.25, 0.3) is 5.52 Å². The zero-order valence-corrected chi connectivity index (χ0v) is 15.3. The highest BCUT2D eigenvalue weighted by atomic mass is 16.2. The number of aromatic nitrogens is 2. The van der Waals surface area contributed by atoms with Crippen molar-refractivity contribution in [3.8, 4) is 0 Å². The normalized spacial score (nSPS) is 20.3. The Morgan fingerprint density at radius 1 is 1.20 bits per heavy atom. The first-order valence-electron chi connectivity index (χ1n) is 9.62. The molecule has 25 heavy (non-hydrogen) atoms. The molecular weight excluding hydrogens is 312 g/mol. The number of carbonyl (C=O) groups excluding carboxylic acids is 1. The second kappa shape index (κ2) is 6.79. The van der Waals surface area contributed by atoms with Gasteiger partial charge in [-0.2, -0.15) is 5.10 Å². The maximum atomic E-state index is 13.2. The van der Waals surface area contributed by atoms with Gasteiger partial charge in [0.25, 0.3) is 5.91 Å². The van der Waals surface area contributed by atoms with E-state index in [2.05, 4.69) is 29.5 Å². The molecule has 4 rings (SSSR count). The number of likely N-dealkylation sites (tertiary alicyclic amines) is 1. The Kier molecular flexibility index (Phi) is 4.50. The molecular formula is C20H28N4O. The summed E-state index contributed by atoms with van der Waals surface area (Å²) in [5, 5.41) is 8.01. The number of carbonyl (C=O) groups is 1. The van der Waals surface area contributed by atoms with Gasteiger partial charge in [-0.1, -0.05) is 6.92 Å². The van der Waals surface area contributed by atoms with E-state index in [9.17, 15) is 4.79 Å². The van der Waals surface area contributed by atoms with E-state index in [0.717, 1.165) is 74.6 Å². The second-order valence-corrected chi connectivity index (χ2v) is 7.75. The summed E-state index contributed by atoms with van der Waals surface area (Å²) in [5.41, 5.74) is 3.95. The van der Waals surface area contributed by atoms with Crippen LogP contribution in [-0.4, -0.2) is 46.6 Å². The lowest BCUT2D eigenvalue weighted by Crippen LogP contribution is -2.38. The average molecular weight is 340 g/mol. The molecule has 0 saturated carbocycles. The zero-order valence-electron chi connectivity index (χ0n) is 15.3. The molecule has 2 saturated heterocycles. The Bertz CT molecular complexity index is 767. The molecule has 0 aliphatic carbocycles. The predicted molar refractivity (Wildman–Crippen MR) is 99.1 cm³/mol. The molecule has 1 amide bonds. The molecule has 0 atom stereocenters. The van der Waals surface area contributed by atoms with Crippen molar-refractivity contribution < 1.29 is 4.79 Å². The summed E-state index contributed by atoms with van der Waals surface area (Å²) in [6.45, 7) is 8.11. The Morgan fingerprint density at radius 3 is 2.64 bits per heavy atom. The summed E-state index contributed by atoms with van der Waals surface area (Å²) < 4.78 is 1.87. The summed E-state index contributed by atoms with van der Waals surface area (Å²) in [4.78, 5) is 15.2. The molecule has 2 aromatic heterocycles. The minimum Gasteiger partial charge on any atom is -0.339 e. The molecule has 0 bridgehead atoms. The summed E-state index contributed by atoms with van der Waals surface area (Å²) in [6, 6.07) is 4.38. The van der Waals surface area contributed by atoms with Crippen LogP contribution in [0.3, 0.4) is 0 Å². The molecule has 2 aliphatic heterocycles. The van der Waals surface area contributed by atoms with E-state index >= 15 is 0 Å². The third-order valence-corrected chi connectivity index (χ3v) is 5.93. The van der Waals surface area contributed by atoms with Gasteiger partial charge in [0.2, 0.25) is 0 Å². The molecule has 2 fully saturated rings.